The third kappa shape index (κ3) is 2.04. The lowest BCUT2D eigenvalue weighted by Gasteiger charge is -2.07. The van der Waals surface area contributed by atoms with Crippen LogP contribution in [0.1, 0.15) is 5.82 Å². The predicted molar refractivity (Wildman–Crippen MR) is 81.5 cm³/mol. The van der Waals surface area contributed by atoms with Crippen molar-refractivity contribution in [1.82, 2.24) is 19.7 Å². The molecule has 0 unspecified atom stereocenters. The maximum atomic E-state index is 6.27. The number of hydrogen-bond acceptors (Lipinski definition) is 3. The monoisotopic (exact) mass is 326 g/mol. The first-order valence-corrected chi connectivity index (χ1v) is 6.93. The van der Waals surface area contributed by atoms with Gasteiger partial charge in [-0.05, 0) is 19.1 Å². The second-order valence-electron chi connectivity index (χ2n) is 4.33. The summed E-state index contributed by atoms with van der Waals surface area (Å²) in [7, 11) is 1.79. The zero-order valence-corrected chi connectivity index (χ0v) is 12.9. The van der Waals surface area contributed by atoms with Crippen LogP contribution in [0.2, 0.25) is 15.2 Å². The van der Waals surface area contributed by atoms with Crippen LogP contribution in [0.4, 0.5) is 0 Å². The molecule has 0 spiro atoms. The Morgan fingerprint density at radius 1 is 1.00 bits per heavy atom. The summed E-state index contributed by atoms with van der Waals surface area (Å²) in [6, 6.07) is 5.34. The van der Waals surface area contributed by atoms with Crippen LogP contribution < -0.4 is 0 Å². The summed E-state index contributed by atoms with van der Waals surface area (Å²) < 4.78 is 1.66. The molecule has 0 fully saturated rings. The van der Waals surface area contributed by atoms with Crippen molar-refractivity contribution in [3.05, 3.63) is 39.2 Å². The molecular formula is C13H9Cl3N4. The van der Waals surface area contributed by atoms with E-state index in [2.05, 4.69) is 15.1 Å². The van der Waals surface area contributed by atoms with Gasteiger partial charge in [0.2, 0.25) is 0 Å². The lowest BCUT2D eigenvalue weighted by molar-refractivity contribution is 0.787. The molecule has 0 bridgehead atoms. The summed E-state index contributed by atoms with van der Waals surface area (Å²) in [5, 5.41) is 5.75. The van der Waals surface area contributed by atoms with Gasteiger partial charge in [-0.1, -0.05) is 40.9 Å². The zero-order chi connectivity index (χ0) is 14.4. The van der Waals surface area contributed by atoms with Crippen molar-refractivity contribution in [2.45, 2.75) is 6.92 Å². The van der Waals surface area contributed by atoms with Gasteiger partial charge in [-0.25, -0.2) is 9.97 Å². The molecule has 0 saturated heterocycles. The second kappa shape index (κ2) is 4.88. The van der Waals surface area contributed by atoms with E-state index in [1.165, 1.54) is 0 Å². The Bertz CT molecular complexity index is 806. The van der Waals surface area contributed by atoms with Crippen LogP contribution in [0.5, 0.6) is 0 Å². The Kier molecular flexibility index (Phi) is 3.32. The van der Waals surface area contributed by atoms with Crippen molar-refractivity contribution in [2.75, 3.05) is 0 Å². The van der Waals surface area contributed by atoms with E-state index in [4.69, 9.17) is 34.8 Å². The molecule has 7 heteroatoms. The van der Waals surface area contributed by atoms with E-state index in [1.807, 2.05) is 0 Å². The molecule has 4 nitrogen and oxygen atoms in total. The summed E-state index contributed by atoms with van der Waals surface area (Å²) in [4.78, 5) is 8.53. The maximum Gasteiger partial charge on any atom is 0.160 e. The van der Waals surface area contributed by atoms with Gasteiger partial charge in [-0.2, -0.15) is 5.10 Å². The number of hydrogen-bond donors (Lipinski definition) is 0. The van der Waals surface area contributed by atoms with E-state index in [0.717, 1.165) is 5.69 Å². The first-order valence-electron chi connectivity index (χ1n) is 5.80. The number of rotatable bonds is 1. The van der Waals surface area contributed by atoms with Crippen LogP contribution in [0, 0.1) is 6.92 Å². The van der Waals surface area contributed by atoms with Gasteiger partial charge < -0.3 is 0 Å². The molecule has 3 rings (SSSR count). The fourth-order valence-electron chi connectivity index (χ4n) is 2.14. The summed E-state index contributed by atoms with van der Waals surface area (Å²) >= 11 is 18.7. The minimum absolute atomic E-state index is 0.317. The number of nitrogens with zero attached hydrogens (tertiary/aromatic N) is 4. The summed E-state index contributed by atoms with van der Waals surface area (Å²) in [5.41, 5.74) is 2.59. The van der Waals surface area contributed by atoms with Crippen molar-refractivity contribution < 1.29 is 0 Å². The average molecular weight is 328 g/mol. The summed E-state index contributed by atoms with van der Waals surface area (Å²) in [6.45, 7) is 1.77. The molecule has 0 radical (unpaired) electrons. The van der Waals surface area contributed by atoms with Gasteiger partial charge in [-0.3, -0.25) is 4.68 Å². The van der Waals surface area contributed by atoms with Crippen molar-refractivity contribution in [2.24, 2.45) is 7.05 Å². The molecule has 0 saturated carbocycles. The van der Waals surface area contributed by atoms with Crippen LogP contribution in [0.3, 0.4) is 0 Å². The molecule has 0 aliphatic heterocycles. The zero-order valence-electron chi connectivity index (χ0n) is 10.7. The minimum atomic E-state index is 0.317. The standard InChI is InChI=1S/C13H9Cl3N4/c1-6-17-10-11(13(16)18-6)19-20(2)12(10)9-7(14)4-3-5-8(9)15/h3-5H,1-2H3. The normalized spacial score (nSPS) is 11.2. The summed E-state index contributed by atoms with van der Waals surface area (Å²) in [6.07, 6.45) is 0. The molecule has 0 amide bonds. The molecule has 0 N–H and O–H groups in total. The Labute approximate surface area is 130 Å². The van der Waals surface area contributed by atoms with Crippen LogP contribution in [0.25, 0.3) is 22.3 Å². The topological polar surface area (TPSA) is 43.6 Å². The molecule has 3 aromatic rings. The van der Waals surface area contributed by atoms with Gasteiger partial charge in [-0.15, -0.1) is 0 Å². The highest BCUT2D eigenvalue weighted by Gasteiger charge is 2.20. The number of aromatic nitrogens is 4. The fourth-order valence-corrected chi connectivity index (χ4v) is 2.97. The highest BCUT2D eigenvalue weighted by molar-refractivity contribution is 6.40. The van der Waals surface area contributed by atoms with Gasteiger partial charge in [0.1, 0.15) is 16.9 Å². The van der Waals surface area contributed by atoms with Crippen molar-refractivity contribution >= 4 is 45.8 Å². The fraction of sp³-hybridized carbons (Fsp3) is 0.154. The van der Waals surface area contributed by atoms with E-state index in [0.29, 0.717) is 37.6 Å². The molecule has 0 atom stereocenters. The maximum absolute atomic E-state index is 6.27. The highest BCUT2D eigenvalue weighted by atomic mass is 35.5. The largest absolute Gasteiger partial charge is 0.265 e. The van der Waals surface area contributed by atoms with Gasteiger partial charge in [0, 0.05) is 12.6 Å². The minimum Gasteiger partial charge on any atom is -0.265 e. The van der Waals surface area contributed by atoms with E-state index in [9.17, 15) is 0 Å². The lowest BCUT2D eigenvalue weighted by atomic mass is 10.1. The Hall–Kier alpha value is -1.36. The SMILES string of the molecule is Cc1nc(Cl)c2nn(C)c(-c3c(Cl)cccc3Cl)c2n1. The first kappa shape index (κ1) is 13.6. The molecule has 2 heterocycles. The van der Waals surface area contributed by atoms with Crippen molar-refractivity contribution in [1.29, 1.82) is 0 Å². The molecule has 0 aliphatic rings. The number of fused-ring (bicyclic) bond motifs is 1. The molecule has 1 aromatic carbocycles. The van der Waals surface area contributed by atoms with E-state index < -0.39 is 0 Å². The Morgan fingerprint density at radius 2 is 1.65 bits per heavy atom. The predicted octanol–water partition coefficient (Wildman–Crippen LogP) is 4.30. The number of aryl methyl sites for hydroxylation is 2. The molecule has 0 aliphatic carbocycles. The van der Waals surface area contributed by atoms with Gasteiger partial charge in [0.25, 0.3) is 0 Å². The third-order valence-corrected chi connectivity index (χ3v) is 3.84. The average Bonchev–Trinajstić information content (AvgIpc) is 2.67. The van der Waals surface area contributed by atoms with E-state index in [1.54, 1.807) is 36.9 Å². The van der Waals surface area contributed by atoms with Crippen molar-refractivity contribution in [3.8, 4) is 11.3 Å². The third-order valence-electron chi connectivity index (χ3n) is 2.95. The summed E-state index contributed by atoms with van der Waals surface area (Å²) in [5.74, 6) is 0.569. The van der Waals surface area contributed by atoms with Gasteiger partial charge in [0.15, 0.2) is 5.15 Å². The highest BCUT2D eigenvalue weighted by Crippen LogP contribution is 2.38. The van der Waals surface area contributed by atoms with Gasteiger partial charge in [0.05, 0.1) is 15.7 Å². The van der Waals surface area contributed by atoms with Crippen LogP contribution in [0.15, 0.2) is 18.2 Å². The number of halogens is 3. The molecular weight excluding hydrogens is 319 g/mol. The van der Waals surface area contributed by atoms with Crippen LogP contribution >= 0.6 is 34.8 Å². The van der Waals surface area contributed by atoms with Crippen molar-refractivity contribution in [3.63, 3.8) is 0 Å². The lowest BCUT2D eigenvalue weighted by Crippen LogP contribution is -1.95. The Balaban J connectivity index is 2.45. The van der Waals surface area contributed by atoms with Crippen LogP contribution in [-0.2, 0) is 7.05 Å². The second-order valence-corrected chi connectivity index (χ2v) is 5.50. The molecule has 2 aromatic heterocycles. The quantitative estimate of drug-likeness (QED) is 0.626. The van der Waals surface area contributed by atoms with E-state index in [-0.39, 0.29) is 0 Å². The van der Waals surface area contributed by atoms with Crippen LogP contribution in [-0.4, -0.2) is 19.7 Å². The Morgan fingerprint density at radius 3 is 2.30 bits per heavy atom. The smallest absolute Gasteiger partial charge is 0.160 e. The van der Waals surface area contributed by atoms with E-state index >= 15 is 0 Å². The number of benzene rings is 1. The molecule has 20 heavy (non-hydrogen) atoms. The van der Waals surface area contributed by atoms with Gasteiger partial charge >= 0.3 is 0 Å². The first-order chi connectivity index (χ1) is 9.49. The molecule has 102 valence electrons.